The molecule has 1 atom stereocenters. The molecule has 2 aromatic rings. The molecular weight excluding hydrogens is 328 g/mol. The Morgan fingerprint density at radius 3 is 2.42 bits per heavy atom. The fourth-order valence-corrected chi connectivity index (χ4v) is 3.72. The normalized spacial score (nSPS) is 12.7. The predicted octanol–water partition coefficient (Wildman–Crippen LogP) is 1.50. The molecule has 0 bridgehead atoms. The van der Waals surface area contributed by atoms with Crippen LogP contribution in [0.1, 0.15) is 23.9 Å². The Labute approximate surface area is 142 Å². The Bertz CT molecular complexity index is 796. The number of sulfonamides is 1. The summed E-state index contributed by atoms with van der Waals surface area (Å²) in [6.45, 7) is 5.58. The molecule has 0 aliphatic rings. The van der Waals surface area contributed by atoms with Crippen molar-refractivity contribution < 1.29 is 13.2 Å². The van der Waals surface area contributed by atoms with Gasteiger partial charge in [0.05, 0.1) is 17.6 Å². The zero-order chi connectivity index (χ0) is 17.9. The van der Waals surface area contributed by atoms with E-state index in [1.54, 1.807) is 37.3 Å². The van der Waals surface area contributed by atoms with Crippen LogP contribution in [0.3, 0.4) is 0 Å². The Morgan fingerprint density at radius 1 is 1.29 bits per heavy atom. The summed E-state index contributed by atoms with van der Waals surface area (Å²) < 4.78 is 25.4. The summed E-state index contributed by atoms with van der Waals surface area (Å²) in [7, 11) is -3.60. The average molecular weight is 350 g/mol. The lowest BCUT2D eigenvalue weighted by atomic mass is 10.2. The van der Waals surface area contributed by atoms with E-state index in [2.05, 4.69) is 15.5 Å². The van der Waals surface area contributed by atoms with Crippen LogP contribution >= 0.6 is 0 Å². The highest BCUT2D eigenvalue weighted by Crippen LogP contribution is 2.20. The van der Waals surface area contributed by atoms with Crippen LogP contribution in [0.4, 0.5) is 5.69 Å². The fraction of sp³-hybridized carbons (Fsp3) is 0.375. The molecule has 24 heavy (non-hydrogen) atoms. The minimum atomic E-state index is -3.60. The second kappa shape index (κ2) is 7.04. The summed E-state index contributed by atoms with van der Waals surface area (Å²) in [4.78, 5) is 12.5. The van der Waals surface area contributed by atoms with Crippen molar-refractivity contribution in [1.82, 2.24) is 15.5 Å². The lowest BCUT2D eigenvalue weighted by Gasteiger charge is -2.28. The number of carbonyl (C=O) groups excluding carboxylic acids is 1. The van der Waals surface area contributed by atoms with Gasteiger partial charge in [0.1, 0.15) is 6.04 Å². The topological polar surface area (TPSA) is 95.2 Å². The first kappa shape index (κ1) is 18.0. The van der Waals surface area contributed by atoms with E-state index in [9.17, 15) is 13.2 Å². The van der Waals surface area contributed by atoms with E-state index in [1.165, 1.54) is 0 Å². The van der Waals surface area contributed by atoms with Gasteiger partial charge in [0.25, 0.3) is 0 Å². The van der Waals surface area contributed by atoms with Gasteiger partial charge >= 0.3 is 0 Å². The highest BCUT2D eigenvalue weighted by Gasteiger charge is 2.29. The van der Waals surface area contributed by atoms with Crippen molar-refractivity contribution in [1.29, 1.82) is 0 Å². The molecule has 130 valence electrons. The van der Waals surface area contributed by atoms with Crippen molar-refractivity contribution in [2.45, 2.75) is 33.4 Å². The largest absolute Gasteiger partial charge is 0.350 e. The molecule has 1 amide bonds. The Balaban J connectivity index is 2.18. The van der Waals surface area contributed by atoms with Gasteiger partial charge < -0.3 is 5.32 Å². The molecule has 0 fully saturated rings. The molecule has 0 saturated heterocycles. The Morgan fingerprint density at radius 2 is 1.92 bits per heavy atom. The molecule has 0 spiro atoms. The molecule has 2 rings (SSSR count). The number of carbonyl (C=O) groups is 1. The molecule has 8 heteroatoms. The lowest BCUT2D eigenvalue weighted by Crippen LogP contribution is -2.47. The summed E-state index contributed by atoms with van der Waals surface area (Å²) in [5, 5.41) is 9.72. The second-order valence-electron chi connectivity index (χ2n) is 5.70. The van der Waals surface area contributed by atoms with E-state index >= 15 is 0 Å². The van der Waals surface area contributed by atoms with Crippen molar-refractivity contribution in [3.05, 3.63) is 47.3 Å². The zero-order valence-electron chi connectivity index (χ0n) is 14.2. The number of H-pyrrole nitrogens is 1. The van der Waals surface area contributed by atoms with Gasteiger partial charge in [-0.2, -0.15) is 5.10 Å². The van der Waals surface area contributed by atoms with Crippen LogP contribution in [0.25, 0.3) is 0 Å². The summed E-state index contributed by atoms with van der Waals surface area (Å²) in [5.74, 6) is -0.371. The van der Waals surface area contributed by atoms with Gasteiger partial charge in [-0.25, -0.2) is 8.42 Å². The van der Waals surface area contributed by atoms with Crippen molar-refractivity contribution in [2.24, 2.45) is 0 Å². The van der Waals surface area contributed by atoms with E-state index in [0.717, 1.165) is 27.5 Å². The molecule has 0 aliphatic carbocycles. The molecule has 1 aromatic carbocycles. The molecule has 7 nitrogen and oxygen atoms in total. The monoisotopic (exact) mass is 350 g/mol. The number of aryl methyl sites for hydroxylation is 2. The van der Waals surface area contributed by atoms with Crippen LogP contribution in [-0.2, 0) is 21.4 Å². The average Bonchev–Trinajstić information content (AvgIpc) is 2.83. The van der Waals surface area contributed by atoms with Gasteiger partial charge in [-0.15, -0.1) is 0 Å². The van der Waals surface area contributed by atoms with Gasteiger partial charge in [-0.05, 0) is 32.9 Å². The highest BCUT2D eigenvalue weighted by atomic mass is 32.2. The van der Waals surface area contributed by atoms with Crippen molar-refractivity contribution in [3.63, 3.8) is 0 Å². The number of aromatic amines is 1. The zero-order valence-corrected chi connectivity index (χ0v) is 15.0. The van der Waals surface area contributed by atoms with Crippen LogP contribution in [0.2, 0.25) is 0 Å². The number of aromatic nitrogens is 2. The predicted molar refractivity (Wildman–Crippen MR) is 93.1 cm³/mol. The minimum Gasteiger partial charge on any atom is -0.350 e. The Hall–Kier alpha value is -2.35. The third-order valence-corrected chi connectivity index (χ3v) is 5.06. The molecule has 0 radical (unpaired) electrons. The number of nitrogens with one attached hydrogen (secondary N) is 2. The number of amides is 1. The molecule has 1 heterocycles. The van der Waals surface area contributed by atoms with Crippen molar-refractivity contribution in [3.8, 4) is 0 Å². The number of hydrogen-bond donors (Lipinski definition) is 2. The van der Waals surface area contributed by atoms with Gasteiger partial charge in [-0.1, -0.05) is 18.2 Å². The number of rotatable bonds is 6. The first-order chi connectivity index (χ1) is 11.2. The van der Waals surface area contributed by atoms with Crippen LogP contribution in [0.5, 0.6) is 0 Å². The SMILES string of the molecule is Cc1n[nH]c(C)c1CNC(=O)C(C)N(c1ccccc1)S(C)(=O)=O. The lowest BCUT2D eigenvalue weighted by molar-refractivity contribution is -0.122. The highest BCUT2D eigenvalue weighted by molar-refractivity contribution is 7.92. The van der Waals surface area contributed by atoms with Crippen molar-refractivity contribution in [2.75, 3.05) is 10.6 Å². The third kappa shape index (κ3) is 3.94. The summed E-state index contributed by atoms with van der Waals surface area (Å²) >= 11 is 0. The maximum atomic E-state index is 12.5. The standard InChI is InChI=1S/C16H22N4O3S/c1-11-15(12(2)19-18-11)10-17-16(21)13(3)20(24(4,22)23)14-8-6-5-7-9-14/h5-9,13H,10H2,1-4H3,(H,17,21)(H,18,19). The quantitative estimate of drug-likeness (QED) is 0.825. The van der Waals surface area contributed by atoms with Crippen LogP contribution in [0, 0.1) is 13.8 Å². The van der Waals surface area contributed by atoms with Crippen LogP contribution in [-0.4, -0.2) is 36.8 Å². The van der Waals surface area contributed by atoms with E-state index in [4.69, 9.17) is 0 Å². The fourth-order valence-electron chi connectivity index (χ4n) is 2.54. The van der Waals surface area contributed by atoms with E-state index < -0.39 is 16.1 Å². The summed E-state index contributed by atoms with van der Waals surface area (Å²) in [6, 6.07) is 7.71. The van der Waals surface area contributed by atoms with Crippen molar-refractivity contribution >= 4 is 21.6 Å². The number of anilines is 1. The van der Waals surface area contributed by atoms with E-state index in [0.29, 0.717) is 12.2 Å². The molecule has 1 unspecified atom stereocenters. The maximum Gasteiger partial charge on any atom is 0.243 e. The molecule has 2 N–H and O–H groups in total. The first-order valence-electron chi connectivity index (χ1n) is 7.54. The third-order valence-electron chi connectivity index (χ3n) is 3.82. The van der Waals surface area contributed by atoms with E-state index in [1.807, 2.05) is 13.8 Å². The Kier molecular flexibility index (Phi) is 5.28. The smallest absolute Gasteiger partial charge is 0.243 e. The van der Waals surface area contributed by atoms with Gasteiger partial charge in [0, 0.05) is 17.8 Å². The van der Waals surface area contributed by atoms with Gasteiger partial charge in [0.2, 0.25) is 15.9 Å². The molecule has 0 saturated carbocycles. The number of nitrogens with zero attached hydrogens (tertiary/aromatic N) is 2. The van der Waals surface area contributed by atoms with Gasteiger partial charge in [-0.3, -0.25) is 14.2 Å². The summed E-state index contributed by atoms with van der Waals surface area (Å²) in [5.41, 5.74) is 3.05. The molecule has 1 aromatic heterocycles. The first-order valence-corrected chi connectivity index (χ1v) is 9.39. The van der Waals surface area contributed by atoms with Gasteiger partial charge in [0.15, 0.2) is 0 Å². The van der Waals surface area contributed by atoms with E-state index in [-0.39, 0.29) is 5.91 Å². The molecular formula is C16H22N4O3S. The van der Waals surface area contributed by atoms with Crippen LogP contribution < -0.4 is 9.62 Å². The minimum absolute atomic E-state index is 0.295. The number of benzene rings is 1. The van der Waals surface area contributed by atoms with Crippen LogP contribution in [0.15, 0.2) is 30.3 Å². The summed E-state index contributed by atoms with van der Waals surface area (Å²) in [6.07, 6.45) is 1.09. The number of hydrogen-bond acceptors (Lipinski definition) is 4. The maximum absolute atomic E-state index is 12.5. The molecule has 0 aliphatic heterocycles. The second-order valence-corrected chi connectivity index (χ2v) is 7.56. The number of para-hydroxylation sites is 1.